The Labute approximate surface area is 197 Å². The summed E-state index contributed by atoms with van der Waals surface area (Å²) in [6, 6.07) is 26.3. The van der Waals surface area contributed by atoms with Crippen LogP contribution in [0.2, 0.25) is 0 Å². The Hall–Kier alpha value is -2.18. The summed E-state index contributed by atoms with van der Waals surface area (Å²) in [6.07, 6.45) is 0. The van der Waals surface area contributed by atoms with Gasteiger partial charge in [0.2, 0.25) is 11.5 Å². The third-order valence-corrected chi connectivity index (χ3v) is 5.04. The molecule has 31 heavy (non-hydrogen) atoms. The molecule has 0 unspecified atom stereocenters. The third-order valence-electron chi connectivity index (χ3n) is 3.98. The number of azo groups is 2. The van der Waals surface area contributed by atoms with Crippen molar-refractivity contribution in [2.75, 3.05) is 11.7 Å². The van der Waals surface area contributed by atoms with Gasteiger partial charge in [0.25, 0.3) is 6.67 Å². The van der Waals surface area contributed by atoms with E-state index in [2.05, 4.69) is 31.9 Å². The van der Waals surface area contributed by atoms with Crippen LogP contribution in [0.1, 0.15) is 5.56 Å². The fraction of sp³-hybridized carbons (Fsp3) is 0.0500. The van der Waals surface area contributed by atoms with Crippen LogP contribution in [0.4, 0.5) is 11.4 Å². The molecule has 0 fully saturated rings. The molecule has 1 aliphatic rings. The fourth-order valence-electron chi connectivity index (χ4n) is 2.65. The second-order valence-electron chi connectivity index (χ2n) is 6.20. The van der Waals surface area contributed by atoms with Gasteiger partial charge in [-0.15, -0.1) is 5.10 Å². The molecule has 0 spiro atoms. The minimum atomic E-state index is -4.44. The molecule has 0 atom stereocenters. The number of nitrogens with zero attached hydrogens (tertiary/aromatic N) is 4. The Bertz CT molecular complexity index is 1070. The van der Waals surface area contributed by atoms with E-state index in [-0.39, 0.29) is 0 Å². The standard InChI is InChI=1S/C20H15Br2N4.ClH2O4/c21-16-6-10-18(11-7-16)25-14-26(19-12-8-17(22)9-13-19)24-20(23-25)15-4-2-1-3-5-15;2-1(3,4)5/h1-13H,14H2;2-3H/q+1;-1. The molecular weight excluding hydrogens is 556 g/mol. The van der Waals surface area contributed by atoms with Gasteiger partial charge in [-0.2, -0.15) is 0 Å². The van der Waals surface area contributed by atoms with Crippen molar-refractivity contribution >= 4 is 49.1 Å². The van der Waals surface area contributed by atoms with Gasteiger partial charge in [-0.1, -0.05) is 66.9 Å². The van der Waals surface area contributed by atoms with Crippen molar-refractivity contribution in [3.05, 3.63) is 93.4 Å². The van der Waals surface area contributed by atoms with Crippen molar-refractivity contribution in [1.29, 1.82) is 0 Å². The van der Waals surface area contributed by atoms with E-state index in [0.29, 0.717) is 12.5 Å². The number of amidine groups is 1. The Morgan fingerprint density at radius 2 is 1.35 bits per heavy atom. The SMILES string of the molecule is Brc1ccc(N2C[N+](c3ccc(Br)cc3)=NC(c3ccccc3)=N2)cc1.[O-][Cl+]([O-])(O)O. The number of rotatable bonds is 3. The number of benzene rings is 3. The van der Waals surface area contributed by atoms with Gasteiger partial charge in [-0.05, 0) is 36.4 Å². The predicted octanol–water partition coefficient (Wildman–Crippen LogP) is 2.66. The summed E-state index contributed by atoms with van der Waals surface area (Å²) in [5.74, 6) is 0.683. The molecule has 2 N–H and O–H groups in total. The normalized spacial score (nSPS) is 14.2. The van der Waals surface area contributed by atoms with Crippen LogP contribution in [0.5, 0.6) is 0 Å². The Balaban J connectivity index is 0.000000491. The fourth-order valence-corrected chi connectivity index (χ4v) is 3.18. The summed E-state index contributed by atoms with van der Waals surface area (Å²) >= 11 is 6.97. The Kier molecular flexibility index (Phi) is 7.89. The van der Waals surface area contributed by atoms with Crippen molar-refractivity contribution in [3.63, 3.8) is 0 Å². The van der Waals surface area contributed by atoms with Gasteiger partial charge in [0, 0.05) is 31.8 Å². The molecule has 0 aliphatic carbocycles. The van der Waals surface area contributed by atoms with Crippen LogP contribution < -0.4 is 14.3 Å². The van der Waals surface area contributed by atoms with Gasteiger partial charge < -0.3 is 0 Å². The number of anilines is 1. The van der Waals surface area contributed by atoms with E-state index in [1.807, 2.05) is 88.6 Å². The average molecular weight is 573 g/mol. The van der Waals surface area contributed by atoms with Crippen molar-refractivity contribution in [3.8, 4) is 0 Å². The molecule has 11 heteroatoms. The molecule has 3 aromatic rings. The van der Waals surface area contributed by atoms with E-state index < -0.39 is 10.2 Å². The zero-order chi connectivity index (χ0) is 22.4. The van der Waals surface area contributed by atoms with Crippen molar-refractivity contribution in [2.45, 2.75) is 0 Å². The summed E-state index contributed by atoms with van der Waals surface area (Å²) in [5, 5.41) is 11.5. The van der Waals surface area contributed by atoms with Gasteiger partial charge in [-0.25, -0.2) is 5.01 Å². The van der Waals surface area contributed by atoms with E-state index in [4.69, 9.17) is 28.9 Å². The van der Waals surface area contributed by atoms with Crippen molar-refractivity contribution in [2.24, 2.45) is 10.2 Å². The monoisotopic (exact) mass is 570 g/mol. The molecule has 1 aliphatic heterocycles. The maximum absolute atomic E-state index is 8.72. The number of hydrogen-bond donors (Lipinski definition) is 2. The molecule has 3 aromatic carbocycles. The molecule has 162 valence electrons. The van der Waals surface area contributed by atoms with Crippen molar-refractivity contribution < 1.29 is 33.6 Å². The summed E-state index contributed by atoms with van der Waals surface area (Å²) < 4.78 is 35.5. The molecule has 0 aromatic heterocycles. The molecule has 4 rings (SSSR count). The topological polar surface area (TPSA) is 118 Å². The van der Waals surface area contributed by atoms with E-state index >= 15 is 0 Å². The minimum absolute atomic E-state index is 0.541. The van der Waals surface area contributed by atoms with Gasteiger partial charge in [0.05, 0.1) is 5.69 Å². The van der Waals surface area contributed by atoms with Crippen LogP contribution in [0.15, 0.2) is 98.0 Å². The second-order valence-corrected chi connectivity index (χ2v) is 8.86. The quantitative estimate of drug-likeness (QED) is 0.468. The van der Waals surface area contributed by atoms with Crippen LogP contribution in [-0.2, 0) is 0 Å². The molecule has 0 radical (unpaired) electrons. The zero-order valence-electron chi connectivity index (χ0n) is 15.8. The molecule has 0 saturated heterocycles. The number of hydrazone groups is 1. The van der Waals surface area contributed by atoms with Crippen molar-refractivity contribution in [1.82, 2.24) is 0 Å². The Morgan fingerprint density at radius 3 is 1.90 bits per heavy atom. The third kappa shape index (κ3) is 7.47. The van der Waals surface area contributed by atoms with Crippen LogP contribution in [-0.4, -0.2) is 26.5 Å². The molecule has 8 nitrogen and oxygen atoms in total. The molecule has 0 saturated carbocycles. The van der Waals surface area contributed by atoms with E-state index in [0.717, 1.165) is 25.9 Å². The molecule has 0 amide bonds. The first kappa shape index (κ1) is 23.5. The summed E-state index contributed by atoms with van der Waals surface area (Å²) in [7, 11) is -4.44. The van der Waals surface area contributed by atoms with Gasteiger partial charge in [-0.3, -0.25) is 0 Å². The molecule has 0 bridgehead atoms. The van der Waals surface area contributed by atoms with Crippen LogP contribution in [0.3, 0.4) is 0 Å². The van der Waals surface area contributed by atoms with Gasteiger partial charge >= 0.3 is 28.9 Å². The summed E-state index contributed by atoms with van der Waals surface area (Å²) in [5.41, 5.74) is 3.01. The van der Waals surface area contributed by atoms with Crippen LogP contribution in [0.25, 0.3) is 0 Å². The zero-order valence-corrected chi connectivity index (χ0v) is 19.8. The summed E-state index contributed by atoms with van der Waals surface area (Å²) in [6.45, 7) is 0.541. The first-order chi connectivity index (χ1) is 14.7. The van der Waals surface area contributed by atoms with Crippen LogP contribution in [0, 0.1) is 10.2 Å². The van der Waals surface area contributed by atoms with E-state index in [9.17, 15) is 0 Å². The van der Waals surface area contributed by atoms with Crippen LogP contribution >= 0.6 is 31.9 Å². The van der Waals surface area contributed by atoms with Gasteiger partial charge in [0.1, 0.15) is 0 Å². The number of hydrogen-bond acceptors (Lipinski definition) is 7. The molecular formula is C20H17Br2ClN4O4. The first-order valence-corrected chi connectivity index (χ1v) is 11.6. The first-order valence-electron chi connectivity index (χ1n) is 8.75. The van der Waals surface area contributed by atoms with E-state index in [1.165, 1.54) is 0 Å². The average Bonchev–Trinajstić information content (AvgIpc) is 2.74. The van der Waals surface area contributed by atoms with Gasteiger partial charge in [0.15, 0.2) is 0 Å². The molecule has 1 heterocycles. The predicted molar refractivity (Wildman–Crippen MR) is 115 cm³/mol. The van der Waals surface area contributed by atoms with E-state index in [1.54, 1.807) is 0 Å². The Morgan fingerprint density at radius 1 is 0.839 bits per heavy atom. The number of halogens is 3. The second kappa shape index (κ2) is 10.4. The maximum atomic E-state index is 8.72. The summed E-state index contributed by atoms with van der Waals surface area (Å²) in [4.78, 5) is 0.